The maximum Gasteiger partial charge on any atom is 0.238 e. The fourth-order valence-electron chi connectivity index (χ4n) is 3.81. The number of rotatable bonds is 7. The monoisotopic (exact) mass is 366 g/mol. The van der Waals surface area contributed by atoms with E-state index in [0.717, 1.165) is 16.8 Å². The van der Waals surface area contributed by atoms with Crippen molar-refractivity contribution in [3.8, 4) is 0 Å². The smallest absolute Gasteiger partial charge is 0.238 e. The van der Waals surface area contributed by atoms with Crippen LogP contribution in [0.2, 0.25) is 0 Å². The van der Waals surface area contributed by atoms with E-state index in [4.69, 9.17) is 4.74 Å². The molecule has 2 aromatic carbocycles. The van der Waals surface area contributed by atoms with Gasteiger partial charge in [-0.2, -0.15) is 0 Å². The lowest BCUT2D eigenvalue weighted by molar-refractivity contribution is -0.135. The second kappa shape index (κ2) is 7.92. The number of hydrogen-bond acceptors (Lipinski definition) is 3. The summed E-state index contributed by atoms with van der Waals surface area (Å²) in [5.74, 6) is -0.0810. The van der Waals surface area contributed by atoms with E-state index in [2.05, 4.69) is 0 Å². The van der Waals surface area contributed by atoms with Crippen molar-refractivity contribution in [2.75, 3.05) is 39.3 Å². The first kappa shape index (κ1) is 19.1. The number of nitrogens with zero attached hydrogens (tertiary/aromatic N) is 2. The maximum absolute atomic E-state index is 13.4. The highest BCUT2D eigenvalue weighted by Gasteiger charge is 2.51. The zero-order chi connectivity index (χ0) is 19.4. The van der Waals surface area contributed by atoms with Crippen molar-refractivity contribution in [1.82, 2.24) is 4.90 Å². The molecule has 142 valence electrons. The van der Waals surface area contributed by atoms with Crippen molar-refractivity contribution in [3.63, 3.8) is 0 Å². The van der Waals surface area contributed by atoms with Gasteiger partial charge in [-0.25, -0.2) is 0 Å². The van der Waals surface area contributed by atoms with Crippen molar-refractivity contribution in [2.45, 2.75) is 18.3 Å². The van der Waals surface area contributed by atoms with Gasteiger partial charge in [0.2, 0.25) is 11.8 Å². The lowest BCUT2D eigenvalue weighted by atomic mass is 9.73. The van der Waals surface area contributed by atoms with Crippen LogP contribution < -0.4 is 4.90 Å². The Balaban J connectivity index is 2.00. The fraction of sp³-hybridized carbons (Fsp3) is 0.364. The molecule has 1 aliphatic heterocycles. The van der Waals surface area contributed by atoms with Crippen molar-refractivity contribution < 1.29 is 14.3 Å². The van der Waals surface area contributed by atoms with Crippen LogP contribution in [0.15, 0.2) is 54.6 Å². The first-order valence-corrected chi connectivity index (χ1v) is 9.14. The van der Waals surface area contributed by atoms with Crippen molar-refractivity contribution in [3.05, 3.63) is 65.7 Å². The summed E-state index contributed by atoms with van der Waals surface area (Å²) in [4.78, 5) is 29.7. The minimum Gasteiger partial charge on any atom is -0.383 e. The third kappa shape index (κ3) is 3.60. The van der Waals surface area contributed by atoms with Gasteiger partial charge in [-0.3, -0.25) is 9.59 Å². The Morgan fingerprint density at radius 2 is 1.78 bits per heavy atom. The molecule has 0 unspecified atom stereocenters. The largest absolute Gasteiger partial charge is 0.383 e. The molecule has 0 saturated heterocycles. The number of amides is 2. The molecule has 27 heavy (non-hydrogen) atoms. The highest BCUT2D eigenvalue weighted by Crippen LogP contribution is 2.45. The van der Waals surface area contributed by atoms with Crippen LogP contribution in [0.5, 0.6) is 0 Å². The molecule has 0 saturated carbocycles. The zero-order valence-corrected chi connectivity index (χ0v) is 16.1. The minimum absolute atomic E-state index is 0.0268. The van der Waals surface area contributed by atoms with E-state index in [-0.39, 0.29) is 18.2 Å². The first-order valence-electron chi connectivity index (χ1n) is 9.14. The lowest BCUT2D eigenvalue weighted by Crippen LogP contribution is -2.45. The highest BCUT2D eigenvalue weighted by atomic mass is 16.5. The number of carbonyl (C=O) groups excluding carboxylic acids is 2. The number of benzene rings is 2. The Labute approximate surface area is 160 Å². The molecule has 2 aromatic rings. The van der Waals surface area contributed by atoms with E-state index in [9.17, 15) is 9.59 Å². The molecule has 0 N–H and O–H groups in total. The molecule has 2 amide bonds. The molecule has 0 aliphatic carbocycles. The van der Waals surface area contributed by atoms with Crippen LogP contribution in [-0.2, 0) is 26.2 Å². The lowest BCUT2D eigenvalue weighted by Gasteiger charge is -2.30. The van der Waals surface area contributed by atoms with Crippen LogP contribution in [0.1, 0.15) is 17.5 Å². The number of anilines is 1. The second-order valence-electron chi connectivity index (χ2n) is 7.11. The Bertz CT molecular complexity index is 821. The minimum atomic E-state index is -0.884. The molecule has 0 bridgehead atoms. The van der Waals surface area contributed by atoms with Crippen LogP contribution in [0.3, 0.4) is 0 Å². The molecule has 1 aliphatic rings. The topological polar surface area (TPSA) is 49.9 Å². The molecule has 0 radical (unpaired) electrons. The van der Waals surface area contributed by atoms with Gasteiger partial charge in [-0.15, -0.1) is 0 Å². The van der Waals surface area contributed by atoms with E-state index in [0.29, 0.717) is 19.6 Å². The van der Waals surface area contributed by atoms with Gasteiger partial charge in [0.15, 0.2) is 0 Å². The van der Waals surface area contributed by atoms with Gasteiger partial charge >= 0.3 is 0 Å². The molecule has 1 atom stereocenters. The number of fused-ring (bicyclic) bond motifs is 1. The SMILES string of the molecule is COCCN(C)C(=O)C[C@]1(Cc2ccccc2)C(=O)N(C)c2ccccc21. The molecule has 1 heterocycles. The molecular formula is C22H26N2O3. The summed E-state index contributed by atoms with van der Waals surface area (Å²) >= 11 is 0. The fourth-order valence-corrected chi connectivity index (χ4v) is 3.81. The second-order valence-corrected chi connectivity index (χ2v) is 7.11. The average molecular weight is 366 g/mol. The van der Waals surface area contributed by atoms with Crippen LogP contribution >= 0.6 is 0 Å². The first-order chi connectivity index (χ1) is 13.0. The van der Waals surface area contributed by atoms with Gasteiger partial charge in [-0.1, -0.05) is 48.5 Å². The molecule has 3 rings (SSSR count). The van der Waals surface area contributed by atoms with Crippen LogP contribution in [0, 0.1) is 0 Å². The number of likely N-dealkylation sites (N-methyl/N-ethyl adjacent to an activating group) is 2. The van der Waals surface area contributed by atoms with E-state index in [1.165, 1.54) is 0 Å². The molecule has 0 aromatic heterocycles. The van der Waals surface area contributed by atoms with E-state index in [1.807, 2.05) is 54.6 Å². The maximum atomic E-state index is 13.4. The third-order valence-corrected chi connectivity index (χ3v) is 5.35. The summed E-state index contributed by atoms with van der Waals surface area (Å²) in [6, 6.07) is 17.7. The predicted molar refractivity (Wildman–Crippen MR) is 106 cm³/mol. The zero-order valence-electron chi connectivity index (χ0n) is 16.1. The van der Waals surface area contributed by atoms with E-state index >= 15 is 0 Å². The van der Waals surface area contributed by atoms with Crippen molar-refractivity contribution in [2.24, 2.45) is 0 Å². The van der Waals surface area contributed by atoms with Gasteiger partial charge in [-0.05, 0) is 23.6 Å². The van der Waals surface area contributed by atoms with E-state index in [1.54, 1.807) is 31.0 Å². The van der Waals surface area contributed by atoms with Crippen molar-refractivity contribution in [1.29, 1.82) is 0 Å². The van der Waals surface area contributed by atoms with Crippen LogP contribution in [0.4, 0.5) is 5.69 Å². The summed E-state index contributed by atoms with van der Waals surface area (Å²) in [5, 5.41) is 0. The quantitative estimate of drug-likeness (QED) is 0.757. The predicted octanol–water partition coefficient (Wildman–Crippen LogP) is 2.64. The van der Waals surface area contributed by atoms with Gasteiger partial charge in [0, 0.05) is 39.9 Å². The summed E-state index contributed by atoms with van der Waals surface area (Å²) in [5.41, 5.74) is 1.97. The third-order valence-electron chi connectivity index (χ3n) is 5.35. The van der Waals surface area contributed by atoms with Crippen LogP contribution in [0.25, 0.3) is 0 Å². The summed E-state index contributed by atoms with van der Waals surface area (Å²) in [6.07, 6.45) is 0.639. The normalized spacial score (nSPS) is 18.5. The summed E-state index contributed by atoms with van der Waals surface area (Å²) < 4.78 is 5.08. The summed E-state index contributed by atoms with van der Waals surface area (Å²) in [6.45, 7) is 0.973. The Kier molecular flexibility index (Phi) is 5.61. The summed E-state index contributed by atoms with van der Waals surface area (Å²) in [7, 11) is 5.15. The van der Waals surface area contributed by atoms with Crippen LogP contribution in [-0.4, -0.2) is 51.1 Å². The molecule has 5 nitrogen and oxygen atoms in total. The van der Waals surface area contributed by atoms with Gasteiger partial charge < -0.3 is 14.5 Å². The Morgan fingerprint density at radius 3 is 2.48 bits per heavy atom. The van der Waals surface area contributed by atoms with Gasteiger partial charge in [0.25, 0.3) is 0 Å². The number of para-hydroxylation sites is 1. The van der Waals surface area contributed by atoms with Gasteiger partial charge in [0.1, 0.15) is 0 Å². The Hall–Kier alpha value is -2.66. The number of carbonyl (C=O) groups is 2. The standard InChI is InChI=1S/C22H26N2O3/c1-23(13-14-27-3)20(25)16-22(15-17-9-5-4-6-10-17)18-11-7-8-12-19(18)24(2)21(22)26/h4-12H,13-16H2,1-3H3/t22-/m0/s1. The van der Waals surface area contributed by atoms with Crippen molar-refractivity contribution >= 4 is 17.5 Å². The molecule has 5 heteroatoms. The molecule has 0 spiro atoms. The average Bonchev–Trinajstić information content (AvgIpc) is 2.89. The van der Waals surface area contributed by atoms with Gasteiger partial charge in [0.05, 0.1) is 12.0 Å². The number of ether oxygens (including phenoxy) is 1. The number of hydrogen-bond donors (Lipinski definition) is 0. The Morgan fingerprint density at radius 1 is 1.11 bits per heavy atom. The number of methoxy groups -OCH3 is 1. The highest BCUT2D eigenvalue weighted by molar-refractivity contribution is 6.09. The van der Waals surface area contributed by atoms with E-state index < -0.39 is 5.41 Å². The molecular weight excluding hydrogens is 340 g/mol. The molecule has 0 fully saturated rings.